The highest BCUT2D eigenvalue weighted by Gasteiger charge is 2.45. The van der Waals surface area contributed by atoms with Gasteiger partial charge in [-0.3, -0.25) is 0 Å². The van der Waals surface area contributed by atoms with Crippen molar-refractivity contribution < 1.29 is 50.1 Å². The van der Waals surface area contributed by atoms with Gasteiger partial charge in [-0.2, -0.15) is 26.3 Å². The molecule has 1 aromatic heterocycles. The fraction of sp³-hybridized carbons (Fsp3) is 0.292. The van der Waals surface area contributed by atoms with Crippen LogP contribution in [0.5, 0.6) is 17.2 Å². The molecule has 3 rings (SSSR count). The van der Waals surface area contributed by atoms with Crippen molar-refractivity contribution >= 4 is 28.7 Å². The lowest BCUT2D eigenvalue weighted by molar-refractivity contribution is -0.191. The van der Waals surface area contributed by atoms with Crippen LogP contribution in [0.4, 0.5) is 32.2 Å². The third kappa shape index (κ3) is 6.82. The van der Waals surface area contributed by atoms with Gasteiger partial charge in [-0.25, -0.2) is 14.6 Å². The van der Waals surface area contributed by atoms with Gasteiger partial charge in [0, 0.05) is 11.9 Å². The van der Waals surface area contributed by atoms with Crippen LogP contribution in [-0.2, 0) is 29.2 Å². The highest BCUT2D eigenvalue weighted by atomic mass is 19.4. The summed E-state index contributed by atoms with van der Waals surface area (Å²) in [7, 11) is 1.79. The van der Waals surface area contributed by atoms with Crippen LogP contribution >= 0.6 is 0 Å². The average molecular weight is 545 g/mol. The monoisotopic (exact) mass is 545 g/mol. The molecule has 8 nitrogen and oxygen atoms in total. The number of aryl methyl sites for hydroxylation is 1. The fourth-order valence-electron chi connectivity index (χ4n) is 3.36. The van der Waals surface area contributed by atoms with Gasteiger partial charge in [-0.1, -0.05) is 19.1 Å². The van der Waals surface area contributed by atoms with Crippen LogP contribution in [0.15, 0.2) is 36.4 Å². The number of rotatable bonds is 8. The quantitative estimate of drug-likeness (QED) is 0.312. The fourth-order valence-corrected chi connectivity index (χ4v) is 3.36. The summed E-state index contributed by atoms with van der Waals surface area (Å²) in [4.78, 5) is 26.6. The molecule has 0 aliphatic carbocycles. The second-order valence-corrected chi connectivity index (χ2v) is 7.94. The van der Waals surface area contributed by atoms with Crippen LogP contribution in [0.2, 0.25) is 0 Å². The number of nitrogens with two attached hydrogens (primary N) is 1. The Bertz CT molecular complexity index is 1360. The number of carbonyl (C=O) groups excluding carboxylic acids is 2. The first-order chi connectivity index (χ1) is 17.7. The summed E-state index contributed by atoms with van der Waals surface area (Å²) in [5.74, 6) is -8.36. The first kappa shape index (κ1) is 28.5. The third-order valence-corrected chi connectivity index (χ3v) is 5.06. The lowest BCUT2D eigenvalue weighted by Gasteiger charge is -2.16. The number of hydrogen-bond acceptors (Lipinski definition) is 8. The Morgan fingerprint density at radius 1 is 0.895 bits per heavy atom. The lowest BCUT2D eigenvalue weighted by atomic mass is 10.1. The number of nitrogens with one attached hydrogen (secondary N) is 1. The number of ether oxygens (including phenoxy) is 3. The maximum Gasteiger partial charge on any atom is 0.491 e. The Balaban J connectivity index is 1.99. The van der Waals surface area contributed by atoms with Crippen LogP contribution in [0.3, 0.4) is 0 Å². The maximum atomic E-state index is 12.8. The zero-order chi connectivity index (χ0) is 28.3. The molecule has 2 aromatic carbocycles. The van der Waals surface area contributed by atoms with Crippen molar-refractivity contribution in [3.05, 3.63) is 53.1 Å². The number of anilines is 1. The van der Waals surface area contributed by atoms with Crippen molar-refractivity contribution in [2.45, 2.75) is 38.8 Å². The Morgan fingerprint density at radius 3 is 2.08 bits per heavy atom. The smallest absolute Gasteiger partial charge is 0.489 e. The summed E-state index contributed by atoms with van der Waals surface area (Å²) in [6.45, 7) is 2.56. The van der Waals surface area contributed by atoms with E-state index in [9.17, 15) is 35.9 Å². The molecule has 0 amide bonds. The summed E-state index contributed by atoms with van der Waals surface area (Å²) < 4.78 is 90.9. The second-order valence-electron chi connectivity index (χ2n) is 7.94. The van der Waals surface area contributed by atoms with Crippen molar-refractivity contribution in [3.63, 3.8) is 0 Å². The van der Waals surface area contributed by atoms with E-state index in [1.165, 1.54) is 12.1 Å². The molecule has 14 heteroatoms. The largest absolute Gasteiger partial charge is 0.491 e. The van der Waals surface area contributed by atoms with Crippen molar-refractivity contribution in [1.29, 1.82) is 0 Å². The molecule has 0 saturated heterocycles. The van der Waals surface area contributed by atoms with Crippen LogP contribution < -0.4 is 25.3 Å². The number of esters is 2. The zero-order valence-electron chi connectivity index (χ0n) is 19.9. The number of nitrogen functional groups attached to an aromatic ring is 1. The van der Waals surface area contributed by atoms with Gasteiger partial charge in [-0.05, 0) is 54.4 Å². The number of benzene rings is 2. The predicted molar refractivity (Wildman–Crippen MR) is 122 cm³/mol. The molecule has 1 heterocycles. The molecular formula is C24H21F6N3O5. The van der Waals surface area contributed by atoms with E-state index in [-0.39, 0.29) is 17.5 Å². The van der Waals surface area contributed by atoms with Gasteiger partial charge in [0.05, 0.1) is 5.52 Å². The molecule has 0 aliphatic rings. The molecular weight excluding hydrogens is 524 g/mol. The molecule has 0 unspecified atom stereocenters. The highest BCUT2D eigenvalue weighted by molar-refractivity contribution is 5.95. The minimum Gasteiger partial charge on any atom is -0.489 e. The van der Waals surface area contributed by atoms with Gasteiger partial charge >= 0.3 is 24.3 Å². The number of aromatic nitrogens is 1. The van der Waals surface area contributed by atoms with E-state index in [0.717, 1.165) is 23.6 Å². The van der Waals surface area contributed by atoms with Gasteiger partial charge in [-0.15, -0.1) is 0 Å². The third-order valence-electron chi connectivity index (χ3n) is 5.06. The Morgan fingerprint density at radius 2 is 1.50 bits per heavy atom. The van der Waals surface area contributed by atoms with Crippen molar-refractivity contribution in [3.8, 4) is 17.2 Å². The van der Waals surface area contributed by atoms with Crippen LogP contribution in [-0.4, -0.2) is 36.3 Å². The number of hydrogen-bond donors (Lipinski definition) is 2. The van der Waals surface area contributed by atoms with Gasteiger partial charge < -0.3 is 25.3 Å². The zero-order valence-corrected chi connectivity index (χ0v) is 19.9. The minimum absolute atomic E-state index is 0.0217. The first-order valence-electron chi connectivity index (χ1n) is 10.9. The molecule has 3 N–H and O–H groups in total. The van der Waals surface area contributed by atoms with Crippen LogP contribution in [0, 0.1) is 0 Å². The standard InChI is InChI=1S/C24H21F6N3O5/c1-3-12-6-14(10-32-2)8-15(7-12)36-11-13-4-5-16-17(9-13)33-20(31)19(38-22(35)24(28,29)30)18(16)37-21(34)23(25,26)27/h4-9,32H,3,10-11H2,1-2H3,(H2,31,33). The van der Waals surface area contributed by atoms with Crippen molar-refractivity contribution in [2.75, 3.05) is 12.8 Å². The van der Waals surface area contributed by atoms with E-state index in [1.54, 1.807) is 7.05 Å². The molecule has 0 aliphatic heterocycles. The molecule has 3 aromatic rings. The summed E-state index contributed by atoms with van der Waals surface area (Å²) in [5, 5.41) is 2.67. The molecule has 0 spiro atoms. The Labute approximate surface area is 211 Å². The number of pyridine rings is 1. The molecule has 204 valence electrons. The summed E-state index contributed by atoms with van der Waals surface area (Å²) >= 11 is 0. The average Bonchev–Trinajstić information content (AvgIpc) is 2.83. The number of halogens is 6. The molecule has 38 heavy (non-hydrogen) atoms. The Hall–Kier alpha value is -4.07. The summed E-state index contributed by atoms with van der Waals surface area (Å²) in [6, 6.07) is 9.48. The van der Waals surface area contributed by atoms with Gasteiger partial charge in [0.1, 0.15) is 12.4 Å². The summed E-state index contributed by atoms with van der Waals surface area (Å²) in [6.07, 6.45) is -10.3. The topological polar surface area (TPSA) is 113 Å². The normalized spacial score (nSPS) is 11.9. The predicted octanol–water partition coefficient (Wildman–Crippen LogP) is 4.61. The minimum atomic E-state index is -5.52. The lowest BCUT2D eigenvalue weighted by Crippen LogP contribution is -2.30. The van der Waals surface area contributed by atoms with Crippen LogP contribution in [0.1, 0.15) is 23.6 Å². The maximum absolute atomic E-state index is 12.8. The number of alkyl halides is 6. The first-order valence-corrected chi connectivity index (χ1v) is 10.9. The van der Waals surface area contributed by atoms with Gasteiger partial charge in [0.2, 0.25) is 5.75 Å². The van der Waals surface area contributed by atoms with E-state index >= 15 is 0 Å². The van der Waals surface area contributed by atoms with E-state index in [1.807, 2.05) is 25.1 Å². The number of carbonyl (C=O) groups is 2. The molecule has 0 saturated carbocycles. The van der Waals surface area contributed by atoms with Gasteiger partial charge in [0.25, 0.3) is 0 Å². The van der Waals surface area contributed by atoms with Gasteiger partial charge in [0.15, 0.2) is 11.6 Å². The summed E-state index contributed by atoms with van der Waals surface area (Å²) in [5.41, 5.74) is 7.89. The van der Waals surface area contributed by atoms with E-state index < -0.39 is 41.6 Å². The van der Waals surface area contributed by atoms with E-state index in [4.69, 9.17) is 10.5 Å². The molecule has 0 atom stereocenters. The van der Waals surface area contributed by atoms with E-state index in [2.05, 4.69) is 19.8 Å². The van der Waals surface area contributed by atoms with Crippen molar-refractivity contribution in [1.82, 2.24) is 10.3 Å². The number of nitrogens with zero attached hydrogens (tertiary/aromatic N) is 1. The molecule has 0 bridgehead atoms. The molecule has 0 fully saturated rings. The van der Waals surface area contributed by atoms with Crippen LogP contribution in [0.25, 0.3) is 10.9 Å². The van der Waals surface area contributed by atoms with Crippen molar-refractivity contribution in [2.24, 2.45) is 0 Å². The van der Waals surface area contributed by atoms with E-state index in [0.29, 0.717) is 17.9 Å². The number of fused-ring (bicyclic) bond motifs is 1. The second kappa shape index (κ2) is 11.1. The molecule has 0 radical (unpaired) electrons. The Kier molecular flexibility index (Phi) is 8.35. The highest BCUT2D eigenvalue weighted by Crippen LogP contribution is 2.41. The SMILES string of the molecule is CCc1cc(CNC)cc(OCc2ccc3c(OC(=O)C(F)(F)F)c(OC(=O)C(F)(F)F)c(N)nc3c2)c1.